The van der Waals surface area contributed by atoms with Gasteiger partial charge in [0.05, 0.1) is 17.6 Å². The smallest absolute Gasteiger partial charge is 0.355 e. The van der Waals surface area contributed by atoms with E-state index < -0.39 is 10.8 Å². The third kappa shape index (κ3) is 3.46. The second-order valence-corrected chi connectivity index (χ2v) is 6.46. The van der Waals surface area contributed by atoms with Gasteiger partial charge in [-0.2, -0.15) is 0 Å². The number of carbonyl (C=O) groups excluding carboxylic acids is 1. The van der Waals surface area contributed by atoms with Crippen LogP contribution in [-0.2, 0) is 6.42 Å². The number of hydrazine groups is 1. The van der Waals surface area contributed by atoms with Crippen LogP contribution in [0.3, 0.4) is 0 Å². The number of hydrogen-bond donors (Lipinski definition) is 2. The predicted octanol–water partition coefficient (Wildman–Crippen LogP) is 2.84. The van der Waals surface area contributed by atoms with Gasteiger partial charge in [0.15, 0.2) is 0 Å². The third-order valence-corrected chi connectivity index (χ3v) is 4.77. The highest BCUT2D eigenvalue weighted by Crippen LogP contribution is 2.39. The number of carbonyl (C=O) groups is 1. The molecule has 0 saturated carbocycles. The summed E-state index contributed by atoms with van der Waals surface area (Å²) in [7, 11) is 1.45. The molecule has 0 fully saturated rings. The molecule has 0 spiro atoms. The van der Waals surface area contributed by atoms with E-state index in [0.717, 1.165) is 17.7 Å². The van der Waals surface area contributed by atoms with Crippen molar-refractivity contribution in [2.75, 3.05) is 24.0 Å². The third-order valence-electron chi connectivity index (χ3n) is 4.77. The monoisotopic (exact) mass is 406 g/mol. The second kappa shape index (κ2) is 8.03. The Morgan fingerprint density at radius 3 is 2.73 bits per heavy atom. The second-order valence-electron chi connectivity index (χ2n) is 6.46. The molecule has 2 heterocycles. The predicted molar refractivity (Wildman–Crippen MR) is 110 cm³/mol. The maximum Gasteiger partial charge on any atom is 0.355 e. The van der Waals surface area contributed by atoms with Gasteiger partial charge in [-0.25, -0.2) is 9.97 Å². The summed E-state index contributed by atoms with van der Waals surface area (Å²) >= 11 is 0. The number of methoxy groups -OCH3 is 1. The minimum absolute atomic E-state index is 0.113. The van der Waals surface area contributed by atoms with Gasteiger partial charge in [0.1, 0.15) is 12.1 Å². The summed E-state index contributed by atoms with van der Waals surface area (Å²) in [6.07, 6.45) is 1.98. The SMILES string of the molecule is COc1ccccc1C(=O)NNc1ncnc(N2CCc3ccccc32)c1[N+](=O)[O-]. The molecule has 1 amide bonds. The first-order chi connectivity index (χ1) is 14.6. The summed E-state index contributed by atoms with van der Waals surface area (Å²) in [4.78, 5) is 33.7. The Balaban J connectivity index is 1.63. The minimum atomic E-state index is -0.562. The summed E-state index contributed by atoms with van der Waals surface area (Å²) in [5.74, 6) is -0.0941. The number of nitrogens with zero attached hydrogens (tertiary/aromatic N) is 4. The molecule has 1 aliphatic rings. The molecular weight excluding hydrogens is 388 g/mol. The lowest BCUT2D eigenvalue weighted by molar-refractivity contribution is -0.383. The molecule has 152 valence electrons. The van der Waals surface area contributed by atoms with Crippen molar-refractivity contribution in [2.24, 2.45) is 0 Å². The average molecular weight is 406 g/mol. The number of hydrogen-bond acceptors (Lipinski definition) is 8. The lowest BCUT2D eigenvalue weighted by Crippen LogP contribution is -2.31. The molecule has 0 saturated heterocycles. The van der Waals surface area contributed by atoms with Crippen LogP contribution >= 0.6 is 0 Å². The number of amides is 1. The molecule has 0 unspecified atom stereocenters. The highest BCUT2D eigenvalue weighted by molar-refractivity contribution is 5.97. The average Bonchev–Trinajstić information content (AvgIpc) is 3.21. The number of fused-ring (bicyclic) bond motifs is 1. The summed E-state index contributed by atoms with van der Waals surface area (Å²) in [5.41, 5.74) is 6.90. The maximum absolute atomic E-state index is 12.5. The van der Waals surface area contributed by atoms with Crippen LogP contribution in [0.2, 0.25) is 0 Å². The van der Waals surface area contributed by atoms with Crippen molar-refractivity contribution in [1.29, 1.82) is 0 Å². The van der Waals surface area contributed by atoms with Crippen molar-refractivity contribution < 1.29 is 14.5 Å². The van der Waals surface area contributed by atoms with Gasteiger partial charge in [-0.15, -0.1) is 0 Å². The number of ether oxygens (including phenoxy) is 1. The molecule has 2 aromatic carbocycles. The topological polar surface area (TPSA) is 123 Å². The van der Waals surface area contributed by atoms with E-state index in [-0.39, 0.29) is 22.9 Å². The molecule has 30 heavy (non-hydrogen) atoms. The largest absolute Gasteiger partial charge is 0.496 e. The molecule has 2 N–H and O–H groups in total. The molecular formula is C20H18N6O4. The molecule has 0 aliphatic carbocycles. The fourth-order valence-electron chi connectivity index (χ4n) is 3.40. The van der Waals surface area contributed by atoms with E-state index in [9.17, 15) is 14.9 Å². The highest BCUT2D eigenvalue weighted by atomic mass is 16.6. The number of rotatable bonds is 6. The van der Waals surface area contributed by atoms with Crippen molar-refractivity contribution in [3.8, 4) is 5.75 Å². The highest BCUT2D eigenvalue weighted by Gasteiger charge is 2.31. The van der Waals surface area contributed by atoms with E-state index >= 15 is 0 Å². The fourth-order valence-corrected chi connectivity index (χ4v) is 3.40. The van der Waals surface area contributed by atoms with Gasteiger partial charge in [0.2, 0.25) is 11.6 Å². The zero-order valence-corrected chi connectivity index (χ0v) is 16.0. The molecule has 4 rings (SSSR count). The molecule has 1 aromatic heterocycles. The zero-order valence-electron chi connectivity index (χ0n) is 16.0. The fraction of sp³-hybridized carbons (Fsp3) is 0.150. The van der Waals surface area contributed by atoms with Crippen LogP contribution in [0.4, 0.5) is 23.0 Å². The van der Waals surface area contributed by atoms with Crippen LogP contribution in [0.15, 0.2) is 54.9 Å². The normalized spacial score (nSPS) is 12.2. The first-order valence-corrected chi connectivity index (χ1v) is 9.14. The van der Waals surface area contributed by atoms with Gasteiger partial charge in [-0.1, -0.05) is 30.3 Å². The van der Waals surface area contributed by atoms with Gasteiger partial charge in [0, 0.05) is 12.2 Å². The quantitative estimate of drug-likeness (QED) is 0.473. The van der Waals surface area contributed by atoms with Crippen molar-refractivity contribution in [1.82, 2.24) is 15.4 Å². The Morgan fingerprint density at radius 1 is 1.17 bits per heavy atom. The van der Waals surface area contributed by atoms with Gasteiger partial charge in [0.25, 0.3) is 5.91 Å². The van der Waals surface area contributed by atoms with Crippen molar-refractivity contribution in [3.63, 3.8) is 0 Å². The van der Waals surface area contributed by atoms with E-state index in [4.69, 9.17) is 4.74 Å². The summed E-state index contributed by atoms with van der Waals surface area (Å²) < 4.78 is 5.17. The van der Waals surface area contributed by atoms with E-state index in [0.29, 0.717) is 12.3 Å². The van der Waals surface area contributed by atoms with Gasteiger partial charge in [-0.3, -0.25) is 25.8 Å². The molecule has 10 heteroatoms. The molecule has 10 nitrogen and oxygen atoms in total. The number of anilines is 3. The molecule has 0 bridgehead atoms. The van der Waals surface area contributed by atoms with E-state index in [2.05, 4.69) is 20.8 Å². The van der Waals surface area contributed by atoms with Crippen molar-refractivity contribution in [3.05, 3.63) is 76.1 Å². The van der Waals surface area contributed by atoms with Crippen LogP contribution < -0.4 is 20.5 Å². The van der Waals surface area contributed by atoms with Gasteiger partial charge < -0.3 is 9.64 Å². The number of benzene rings is 2. The molecule has 0 radical (unpaired) electrons. The summed E-state index contributed by atoms with van der Waals surface area (Å²) in [6.45, 7) is 0.560. The van der Waals surface area contributed by atoms with Gasteiger partial charge in [-0.05, 0) is 30.2 Å². The van der Waals surface area contributed by atoms with Crippen LogP contribution in [0.5, 0.6) is 5.75 Å². The zero-order chi connectivity index (χ0) is 21.1. The van der Waals surface area contributed by atoms with E-state index in [1.807, 2.05) is 24.3 Å². The Kier molecular flexibility index (Phi) is 5.12. The van der Waals surface area contributed by atoms with Crippen LogP contribution in [0.25, 0.3) is 0 Å². The van der Waals surface area contributed by atoms with Crippen LogP contribution in [0.1, 0.15) is 15.9 Å². The van der Waals surface area contributed by atoms with Crippen LogP contribution in [-0.4, -0.2) is 34.5 Å². The Morgan fingerprint density at radius 2 is 1.93 bits per heavy atom. The Bertz CT molecular complexity index is 1120. The molecule has 3 aromatic rings. The summed E-state index contributed by atoms with van der Waals surface area (Å²) in [6, 6.07) is 14.3. The number of nitrogens with one attached hydrogen (secondary N) is 2. The van der Waals surface area contributed by atoms with E-state index in [1.54, 1.807) is 29.2 Å². The maximum atomic E-state index is 12.5. The summed E-state index contributed by atoms with van der Waals surface area (Å²) in [5, 5.41) is 11.9. The van der Waals surface area contributed by atoms with Crippen LogP contribution in [0, 0.1) is 10.1 Å². The van der Waals surface area contributed by atoms with Crippen molar-refractivity contribution >= 4 is 28.9 Å². The van der Waals surface area contributed by atoms with Crippen molar-refractivity contribution in [2.45, 2.75) is 6.42 Å². The van der Waals surface area contributed by atoms with E-state index in [1.165, 1.54) is 13.4 Å². The number of nitro groups is 1. The Hall–Kier alpha value is -4.21. The molecule has 0 atom stereocenters. The standard InChI is InChI=1S/C20H18N6O4/c1-30-16-9-5-3-7-14(16)20(27)24-23-18-17(26(28)29)19(22-12-21-18)25-11-10-13-6-2-4-8-15(13)25/h2-9,12H,10-11H2,1H3,(H,24,27)(H,21,22,23). The first kappa shape index (κ1) is 19.1. The van der Waals surface area contributed by atoms with Gasteiger partial charge >= 0.3 is 5.69 Å². The first-order valence-electron chi connectivity index (χ1n) is 9.14. The lowest BCUT2D eigenvalue weighted by Gasteiger charge is -2.19. The Labute approximate surface area is 171 Å². The number of para-hydroxylation sites is 2. The minimum Gasteiger partial charge on any atom is -0.496 e. The number of aromatic nitrogens is 2. The lowest BCUT2D eigenvalue weighted by atomic mass is 10.2. The molecule has 1 aliphatic heterocycles.